The van der Waals surface area contributed by atoms with Crippen LogP contribution in [0.3, 0.4) is 0 Å². The molecule has 7 nitrogen and oxygen atoms in total. The van der Waals surface area contributed by atoms with Crippen molar-refractivity contribution in [3.8, 4) is 22.8 Å². The second-order valence-electron chi connectivity index (χ2n) is 10.1. The Labute approximate surface area is 195 Å². The minimum absolute atomic E-state index is 0.00405. The number of rotatable bonds is 5. The molecule has 6 rings (SSSR count). The maximum atomic E-state index is 12.9. The summed E-state index contributed by atoms with van der Waals surface area (Å²) in [5.74, 6) is 1.74. The predicted octanol–water partition coefficient (Wildman–Crippen LogP) is 4.21. The molecule has 3 aliphatic heterocycles. The highest BCUT2D eigenvalue weighted by molar-refractivity contribution is 5.76. The van der Waals surface area contributed by atoms with E-state index in [-0.39, 0.29) is 23.7 Å². The number of amides is 1. The lowest BCUT2D eigenvalue weighted by molar-refractivity contribution is -0.0348. The third-order valence-electron chi connectivity index (χ3n) is 7.58. The first-order chi connectivity index (χ1) is 15.9. The smallest absolute Gasteiger partial charge is 0.407 e. The van der Waals surface area contributed by atoms with Crippen molar-refractivity contribution in [3.63, 3.8) is 0 Å². The molecule has 1 amide bonds. The molecule has 0 spiro atoms. The molecule has 2 aromatic rings. The zero-order valence-corrected chi connectivity index (χ0v) is 19.9. The van der Waals surface area contributed by atoms with Gasteiger partial charge in [-0.05, 0) is 66.4 Å². The summed E-state index contributed by atoms with van der Waals surface area (Å²) in [5, 5.41) is 3.20. The van der Waals surface area contributed by atoms with Crippen molar-refractivity contribution < 1.29 is 19.0 Å². The average molecular weight is 452 g/mol. The van der Waals surface area contributed by atoms with Gasteiger partial charge in [-0.25, -0.2) is 9.78 Å². The molecule has 0 saturated carbocycles. The number of pyridine rings is 1. The first-order valence-corrected chi connectivity index (χ1v) is 11.8. The first kappa shape index (κ1) is 22.0. The van der Waals surface area contributed by atoms with Crippen LogP contribution in [0.25, 0.3) is 11.1 Å². The zero-order chi connectivity index (χ0) is 23.2. The Morgan fingerprint density at radius 2 is 1.94 bits per heavy atom. The van der Waals surface area contributed by atoms with Gasteiger partial charge in [0.05, 0.1) is 25.8 Å². The van der Waals surface area contributed by atoms with Gasteiger partial charge >= 0.3 is 6.09 Å². The van der Waals surface area contributed by atoms with E-state index < -0.39 is 0 Å². The van der Waals surface area contributed by atoms with Crippen molar-refractivity contribution >= 4 is 6.09 Å². The summed E-state index contributed by atoms with van der Waals surface area (Å²) in [5.41, 5.74) is 4.04. The zero-order valence-electron chi connectivity index (χ0n) is 19.9. The number of hydrogen-bond donors (Lipinski definition) is 1. The Hall–Kier alpha value is -2.80. The summed E-state index contributed by atoms with van der Waals surface area (Å²) >= 11 is 0. The number of alkyl carbamates (subject to hydrolysis) is 1. The summed E-state index contributed by atoms with van der Waals surface area (Å²) in [4.78, 5) is 19.7. The van der Waals surface area contributed by atoms with Gasteiger partial charge in [0.25, 0.3) is 0 Å². The number of aromatic nitrogens is 1. The molecule has 7 heteroatoms. The number of carbonyl (C=O) groups is 1. The molecular weight excluding hydrogens is 418 g/mol. The van der Waals surface area contributed by atoms with Gasteiger partial charge in [0.15, 0.2) is 0 Å². The molecule has 33 heavy (non-hydrogen) atoms. The largest absolute Gasteiger partial charge is 0.496 e. The number of methoxy groups -OCH3 is 2. The second kappa shape index (κ2) is 8.52. The maximum absolute atomic E-state index is 12.9. The van der Waals surface area contributed by atoms with Crippen molar-refractivity contribution in [2.24, 2.45) is 11.3 Å². The Morgan fingerprint density at radius 3 is 2.61 bits per heavy atom. The molecule has 1 N–H and O–H groups in total. The molecule has 1 unspecified atom stereocenters. The van der Waals surface area contributed by atoms with E-state index in [0.717, 1.165) is 61.3 Å². The Balaban J connectivity index is 1.37. The minimum atomic E-state index is -0.306. The average Bonchev–Trinajstić information content (AvgIpc) is 3.07. The van der Waals surface area contributed by atoms with Crippen molar-refractivity contribution in [2.75, 3.05) is 33.9 Å². The fourth-order valence-electron chi connectivity index (χ4n) is 5.83. The normalized spacial score (nSPS) is 27.0. The lowest BCUT2D eigenvalue weighted by Crippen LogP contribution is -2.53. The van der Waals surface area contributed by atoms with Gasteiger partial charge in [-0.2, -0.15) is 0 Å². The molecule has 176 valence electrons. The number of piperidine rings is 3. The van der Waals surface area contributed by atoms with E-state index in [1.807, 2.05) is 6.07 Å². The van der Waals surface area contributed by atoms with Crippen LogP contribution in [0.15, 0.2) is 30.5 Å². The van der Waals surface area contributed by atoms with E-state index in [9.17, 15) is 4.79 Å². The predicted molar refractivity (Wildman–Crippen MR) is 126 cm³/mol. The fraction of sp³-hybridized carbons (Fsp3) is 0.538. The van der Waals surface area contributed by atoms with E-state index in [1.165, 1.54) is 5.56 Å². The molecule has 1 aromatic heterocycles. The molecule has 3 fully saturated rings. The Kier molecular flexibility index (Phi) is 5.69. The number of fused-ring (bicyclic) bond motifs is 4. The van der Waals surface area contributed by atoms with Crippen LogP contribution in [-0.4, -0.2) is 55.9 Å². The van der Waals surface area contributed by atoms with E-state index in [1.54, 1.807) is 20.4 Å². The van der Waals surface area contributed by atoms with Crippen LogP contribution in [0.1, 0.15) is 43.9 Å². The quantitative estimate of drug-likeness (QED) is 0.734. The highest BCUT2D eigenvalue weighted by atomic mass is 16.6. The highest BCUT2D eigenvalue weighted by Crippen LogP contribution is 2.47. The molecular formula is C26H33N3O4. The first-order valence-electron chi connectivity index (χ1n) is 11.8. The summed E-state index contributed by atoms with van der Waals surface area (Å²) in [6.45, 7) is 7.50. The van der Waals surface area contributed by atoms with Crippen LogP contribution in [0.5, 0.6) is 11.6 Å². The summed E-state index contributed by atoms with van der Waals surface area (Å²) in [6.07, 6.45) is 4.48. The second-order valence-corrected chi connectivity index (χ2v) is 10.1. The van der Waals surface area contributed by atoms with Crippen molar-refractivity contribution in [2.45, 2.75) is 45.3 Å². The van der Waals surface area contributed by atoms with Gasteiger partial charge in [-0.1, -0.05) is 32.0 Å². The van der Waals surface area contributed by atoms with Gasteiger partial charge in [-0.15, -0.1) is 0 Å². The summed E-state index contributed by atoms with van der Waals surface area (Å²) in [6, 6.07) is 8.05. The molecule has 1 aliphatic carbocycles. The van der Waals surface area contributed by atoms with E-state index in [0.29, 0.717) is 11.8 Å². The van der Waals surface area contributed by atoms with E-state index in [4.69, 9.17) is 14.2 Å². The number of nitrogens with zero attached hydrogens (tertiary/aromatic N) is 2. The molecule has 4 aliphatic rings. The Bertz CT molecular complexity index is 1020. The third-order valence-corrected chi connectivity index (χ3v) is 7.58. The summed E-state index contributed by atoms with van der Waals surface area (Å²) < 4.78 is 17.0. The van der Waals surface area contributed by atoms with Crippen molar-refractivity contribution in [1.82, 2.24) is 15.2 Å². The van der Waals surface area contributed by atoms with Crippen LogP contribution >= 0.6 is 0 Å². The SMILES string of the molecule is COc1ccnc(OC)c1-c1ccc2c(c1)CC(C)(C)C2NC(=O)O[C@H]1CN2CCC1CC2. The number of benzene rings is 1. The van der Waals surface area contributed by atoms with Crippen LogP contribution in [-0.2, 0) is 11.2 Å². The molecule has 0 radical (unpaired) electrons. The number of nitrogens with one attached hydrogen (secondary N) is 1. The van der Waals surface area contributed by atoms with Gasteiger partial charge in [0, 0.05) is 12.7 Å². The van der Waals surface area contributed by atoms with Crippen LogP contribution < -0.4 is 14.8 Å². The van der Waals surface area contributed by atoms with Crippen LogP contribution in [0.4, 0.5) is 4.79 Å². The Morgan fingerprint density at radius 1 is 1.15 bits per heavy atom. The van der Waals surface area contributed by atoms with Gasteiger partial charge in [0.1, 0.15) is 11.9 Å². The van der Waals surface area contributed by atoms with Crippen LogP contribution in [0, 0.1) is 11.3 Å². The van der Waals surface area contributed by atoms with E-state index in [2.05, 4.69) is 47.2 Å². The third kappa shape index (κ3) is 4.03. The van der Waals surface area contributed by atoms with Gasteiger partial charge < -0.3 is 19.5 Å². The number of carbonyl (C=O) groups excluding carboxylic acids is 1. The lowest BCUT2D eigenvalue weighted by Gasteiger charge is -2.44. The monoisotopic (exact) mass is 451 g/mol. The topological polar surface area (TPSA) is 72.9 Å². The lowest BCUT2D eigenvalue weighted by atomic mass is 9.85. The molecule has 2 bridgehead atoms. The molecule has 2 atom stereocenters. The van der Waals surface area contributed by atoms with Gasteiger partial charge in [-0.3, -0.25) is 4.90 Å². The minimum Gasteiger partial charge on any atom is -0.496 e. The molecule has 4 heterocycles. The standard InChI is InChI=1S/C26H33N3O4/c1-26(2)14-18-13-17(22-20(31-3)7-10-27-24(22)32-4)5-6-19(18)23(26)28-25(30)33-21-15-29-11-8-16(21)9-12-29/h5-7,10,13,16,21,23H,8-9,11-12,14-15H2,1-4H3,(H,28,30)/t21-,23?/m0/s1. The fourth-order valence-corrected chi connectivity index (χ4v) is 5.83. The number of hydrogen-bond acceptors (Lipinski definition) is 6. The maximum Gasteiger partial charge on any atom is 0.407 e. The van der Waals surface area contributed by atoms with Gasteiger partial charge in [0.2, 0.25) is 5.88 Å². The number of ether oxygens (including phenoxy) is 3. The van der Waals surface area contributed by atoms with Crippen molar-refractivity contribution in [1.29, 1.82) is 0 Å². The molecule has 1 aromatic carbocycles. The summed E-state index contributed by atoms with van der Waals surface area (Å²) in [7, 11) is 3.26. The highest BCUT2D eigenvalue weighted by Gasteiger charge is 2.42. The van der Waals surface area contributed by atoms with Crippen molar-refractivity contribution in [3.05, 3.63) is 41.6 Å². The van der Waals surface area contributed by atoms with E-state index >= 15 is 0 Å². The van der Waals surface area contributed by atoms with Crippen LogP contribution in [0.2, 0.25) is 0 Å². The molecule has 3 saturated heterocycles.